The summed E-state index contributed by atoms with van der Waals surface area (Å²) in [5, 5.41) is 10.0. The van der Waals surface area contributed by atoms with Crippen LogP contribution in [0.4, 0.5) is 0 Å². The van der Waals surface area contributed by atoms with Gasteiger partial charge in [0.1, 0.15) is 18.5 Å². The zero-order chi connectivity index (χ0) is 13.7. The molecule has 1 unspecified atom stereocenters. The normalized spacial score (nSPS) is 17.3. The number of aliphatic hydroxyl groups excluding tert-OH is 1. The molecule has 1 N–H and O–H groups in total. The van der Waals surface area contributed by atoms with Crippen molar-refractivity contribution in [1.29, 1.82) is 0 Å². The molecule has 0 amide bonds. The lowest BCUT2D eigenvalue weighted by Gasteiger charge is -2.31. The first-order valence-corrected chi connectivity index (χ1v) is 7.20. The summed E-state index contributed by atoms with van der Waals surface area (Å²) < 4.78 is 5.67. The Bertz CT molecular complexity index is 390. The van der Waals surface area contributed by atoms with Crippen molar-refractivity contribution in [3.05, 3.63) is 29.8 Å². The van der Waals surface area contributed by atoms with Crippen LogP contribution in [0.15, 0.2) is 24.3 Å². The summed E-state index contributed by atoms with van der Waals surface area (Å²) in [6.07, 6.45) is 3.64. The van der Waals surface area contributed by atoms with Crippen LogP contribution in [-0.2, 0) is 0 Å². The average Bonchev–Trinajstić information content (AvgIpc) is 2.33. The average molecular weight is 263 g/mol. The molecule has 0 aromatic heterocycles. The summed E-state index contributed by atoms with van der Waals surface area (Å²) >= 11 is 0. The minimum absolute atomic E-state index is 0.361. The Labute approximate surface area is 116 Å². The monoisotopic (exact) mass is 263 g/mol. The lowest BCUT2D eigenvalue weighted by atomic mass is 9.85. The van der Waals surface area contributed by atoms with Crippen LogP contribution in [0.5, 0.6) is 5.75 Å². The van der Waals surface area contributed by atoms with E-state index in [2.05, 4.69) is 11.9 Å². The van der Waals surface area contributed by atoms with E-state index in [1.807, 2.05) is 31.2 Å². The molecule has 3 nitrogen and oxygen atoms in total. The molecule has 3 heteroatoms. The molecule has 1 fully saturated rings. The fraction of sp³-hybridized carbons (Fsp3) is 0.625. The fourth-order valence-corrected chi connectivity index (χ4v) is 2.51. The van der Waals surface area contributed by atoms with Gasteiger partial charge >= 0.3 is 0 Å². The van der Waals surface area contributed by atoms with Gasteiger partial charge in [0, 0.05) is 13.1 Å². The van der Waals surface area contributed by atoms with E-state index < -0.39 is 6.10 Å². The highest BCUT2D eigenvalue weighted by molar-refractivity contribution is 5.31. The highest BCUT2D eigenvalue weighted by atomic mass is 16.5. The molecule has 1 atom stereocenters. The maximum absolute atomic E-state index is 10.0. The van der Waals surface area contributed by atoms with Crippen molar-refractivity contribution >= 4 is 0 Å². The summed E-state index contributed by atoms with van der Waals surface area (Å²) in [6.45, 7) is 4.16. The zero-order valence-corrected chi connectivity index (χ0v) is 12.0. The Kier molecular flexibility index (Phi) is 5.23. The summed E-state index contributed by atoms with van der Waals surface area (Å²) in [4.78, 5) is 2.22. The molecule has 1 aliphatic carbocycles. The number of hydrogen-bond donors (Lipinski definition) is 1. The SMILES string of the molecule is Cc1ccccc1OCC(O)CN(C)CC1CCC1. The molecule has 0 radical (unpaired) electrons. The highest BCUT2D eigenvalue weighted by Gasteiger charge is 2.20. The second-order valence-corrected chi connectivity index (χ2v) is 5.75. The summed E-state index contributed by atoms with van der Waals surface area (Å²) in [7, 11) is 2.08. The van der Waals surface area contributed by atoms with Gasteiger partial charge in [-0.15, -0.1) is 0 Å². The summed E-state index contributed by atoms with van der Waals surface area (Å²) in [6, 6.07) is 7.91. The second kappa shape index (κ2) is 6.92. The number of ether oxygens (including phenoxy) is 1. The van der Waals surface area contributed by atoms with Crippen LogP contribution in [0.2, 0.25) is 0 Å². The molecule has 2 rings (SSSR count). The summed E-state index contributed by atoms with van der Waals surface area (Å²) in [5.41, 5.74) is 1.11. The van der Waals surface area contributed by atoms with Gasteiger partial charge in [-0.3, -0.25) is 0 Å². The van der Waals surface area contributed by atoms with E-state index in [0.717, 1.165) is 23.8 Å². The number of nitrogens with zero attached hydrogens (tertiary/aromatic N) is 1. The van der Waals surface area contributed by atoms with E-state index in [1.54, 1.807) is 0 Å². The highest BCUT2D eigenvalue weighted by Crippen LogP contribution is 2.26. The lowest BCUT2D eigenvalue weighted by molar-refractivity contribution is 0.0663. The van der Waals surface area contributed by atoms with Crippen LogP contribution in [0.3, 0.4) is 0 Å². The zero-order valence-electron chi connectivity index (χ0n) is 12.0. The number of aryl methyl sites for hydroxylation is 1. The van der Waals surface area contributed by atoms with Gasteiger partial charge in [0.2, 0.25) is 0 Å². The van der Waals surface area contributed by atoms with Crippen molar-refractivity contribution in [2.24, 2.45) is 5.92 Å². The quantitative estimate of drug-likeness (QED) is 0.820. The maximum Gasteiger partial charge on any atom is 0.122 e. The number of para-hydroxylation sites is 1. The third-order valence-electron chi connectivity index (χ3n) is 3.84. The molecule has 0 heterocycles. The van der Waals surface area contributed by atoms with Gasteiger partial charge in [-0.1, -0.05) is 24.6 Å². The number of aliphatic hydroxyl groups is 1. The lowest BCUT2D eigenvalue weighted by Crippen LogP contribution is -2.37. The van der Waals surface area contributed by atoms with Crippen molar-refractivity contribution in [3.63, 3.8) is 0 Å². The molecule has 1 aromatic rings. The van der Waals surface area contributed by atoms with Crippen molar-refractivity contribution in [2.75, 3.05) is 26.7 Å². The molecule has 0 bridgehead atoms. The molecule has 19 heavy (non-hydrogen) atoms. The van der Waals surface area contributed by atoms with Crippen molar-refractivity contribution in [3.8, 4) is 5.75 Å². The van der Waals surface area contributed by atoms with Crippen LogP contribution >= 0.6 is 0 Å². The first-order valence-electron chi connectivity index (χ1n) is 7.20. The Morgan fingerprint density at radius 1 is 1.37 bits per heavy atom. The van der Waals surface area contributed by atoms with Crippen LogP contribution in [-0.4, -0.2) is 42.9 Å². The summed E-state index contributed by atoms with van der Waals surface area (Å²) in [5.74, 6) is 1.71. The van der Waals surface area contributed by atoms with E-state index >= 15 is 0 Å². The standard InChI is InChI=1S/C16H25NO2/c1-13-6-3-4-9-16(13)19-12-15(18)11-17(2)10-14-7-5-8-14/h3-4,6,9,14-15,18H,5,7-8,10-12H2,1-2H3. The van der Waals surface area contributed by atoms with E-state index in [0.29, 0.717) is 13.2 Å². The van der Waals surface area contributed by atoms with Gasteiger partial charge < -0.3 is 14.7 Å². The number of rotatable bonds is 7. The van der Waals surface area contributed by atoms with Gasteiger partial charge in [-0.25, -0.2) is 0 Å². The second-order valence-electron chi connectivity index (χ2n) is 5.75. The van der Waals surface area contributed by atoms with Crippen molar-refractivity contribution < 1.29 is 9.84 Å². The van der Waals surface area contributed by atoms with Gasteiger partial charge in [0.15, 0.2) is 0 Å². The maximum atomic E-state index is 10.0. The van der Waals surface area contributed by atoms with E-state index in [1.165, 1.54) is 19.3 Å². The van der Waals surface area contributed by atoms with E-state index in [4.69, 9.17) is 4.74 Å². The Morgan fingerprint density at radius 3 is 2.74 bits per heavy atom. The first kappa shape index (κ1) is 14.4. The Morgan fingerprint density at radius 2 is 2.11 bits per heavy atom. The smallest absolute Gasteiger partial charge is 0.122 e. The predicted molar refractivity (Wildman–Crippen MR) is 77.5 cm³/mol. The minimum atomic E-state index is -0.426. The number of hydrogen-bond acceptors (Lipinski definition) is 3. The van der Waals surface area contributed by atoms with Gasteiger partial charge in [0.05, 0.1) is 0 Å². The molecular formula is C16H25NO2. The molecule has 1 saturated carbocycles. The molecule has 0 saturated heterocycles. The molecule has 1 aromatic carbocycles. The largest absolute Gasteiger partial charge is 0.491 e. The van der Waals surface area contributed by atoms with Crippen molar-refractivity contribution in [2.45, 2.75) is 32.3 Å². The van der Waals surface area contributed by atoms with Crippen LogP contribution in [0, 0.1) is 12.8 Å². The molecule has 0 spiro atoms. The van der Waals surface area contributed by atoms with Crippen molar-refractivity contribution in [1.82, 2.24) is 4.90 Å². The Balaban J connectivity index is 1.68. The predicted octanol–water partition coefficient (Wildman–Crippen LogP) is 2.47. The molecule has 1 aliphatic rings. The molecule has 106 valence electrons. The third kappa shape index (κ3) is 4.51. The van der Waals surface area contributed by atoms with E-state index in [9.17, 15) is 5.11 Å². The van der Waals surface area contributed by atoms with Crippen LogP contribution in [0.25, 0.3) is 0 Å². The van der Waals surface area contributed by atoms with Gasteiger partial charge in [-0.2, -0.15) is 0 Å². The number of likely N-dealkylation sites (N-methyl/N-ethyl adjacent to an activating group) is 1. The third-order valence-corrected chi connectivity index (χ3v) is 3.84. The molecular weight excluding hydrogens is 238 g/mol. The number of benzene rings is 1. The fourth-order valence-electron chi connectivity index (χ4n) is 2.51. The van der Waals surface area contributed by atoms with E-state index in [-0.39, 0.29) is 0 Å². The Hall–Kier alpha value is -1.06. The topological polar surface area (TPSA) is 32.7 Å². The van der Waals surface area contributed by atoms with Gasteiger partial charge in [-0.05, 0) is 44.4 Å². The first-order chi connectivity index (χ1) is 9.15. The minimum Gasteiger partial charge on any atom is -0.491 e. The molecule has 0 aliphatic heterocycles. The van der Waals surface area contributed by atoms with Crippen LogP contribution in [0.1, 0.15) is 24.8 Å². The van der Waals surface area contributed by atoms with Gasteiger partial charge in [0.25, 0.3) is 0 Å². The van der Waals surface area contributed by atoms with Crippen LogP contribution < -0.4 is 4.74 Å².